The molecule has 5 rings (SSSR count). The molecule has 2 aliphatic heterocycles. The number of pyridine rings is 1. The molecule has 1 saturated heterocycles. The lowest BCUT2D eigenvalue weighted by atomic mass is 9.94. The minimum Gasteiger partial charge on any atom is -0.321 e. The van der Waals surface area contributed by atoms with E-state index in [0.717, 1.165) is 5.56 Å². The van der Waals surface area contributed by atoms with Crippen molar-refractivity contribution in [1.82, 2.24) is 9.88 Å². The van der Waals surface area contributed by atoms with Gasteiger partial charge in [0, 0.05) is 25.6 Å². The first-order valence-electron chi connectivity index (χ1n) is 10.1. The SMILES string of the molecule is O=C1c2ccccc2N2C(=O)CCC2(C(=O)Nc2cccnc2)N1Cc1ccccc1. The molecule has 7 heteroatoms. The minimum atomic E-state index is -1.45. The molecule has 0 saturated carbocycles. The highest BCUT2D eigenvalue weighted by atomic mass is 16.2. The Morgan fingerprint density at radius 3 is 2.55 bits per heavy atom. The third-order valence-electron chi connectivity index (χ3n) is 5.84. The third kappa shape index (κ3) is 2.97. The van der Waals surface area contributed by atoms with Crippen LogP contribution in [0.1, 0.15) is 28.8 Å². The van der Waals surface area contributed by atoms with Crippen molar-refractivity contribution in [2.75, 3.05) is 10.2 Å². The molecule has 1 N–H and O–H groups in total. The van der Waals surface area contributed by atoms with E-state index in [2.05, 4.69) is 10.3 Å². The molecule has 1 aromatic heterocycles. The number of anilines is 2. The number of fused-ring (bicyclic) bond motifs is 3. The number of benzene rings is 2. The molecule has 3 amide bonds. The van der Waals surface area contributed by atoms with Crippen LogP contribution in [0.15, 0.2) is 79.1 Å². The van der Waals surface area contributed by atoms with E-state index >= 15 is 0 Å². The number of hydrogen-bond donors (Lipinski definition) is 1. The maximum absolute atomic E-state index is 13.7. The standard InChI is InChI=1S/C24H20N4O3/c29-21-12-13-24(23(31)26-18-9-6-14-25-15-18)27(16-17-7-2-1-3-8-17)22(30)19-10-4-5-11-20(19)28(21)24/h1-11,14-15H,12-13,16H2,(H,26,31). The molecule has 0 radical (unpaired) electrons. The summed E-state index contributed by atoms with van der Waals surface area (Å²) in [5, 5.41) is 2.87. The van der Waals surface area contributed by atoms with Gasteiger partial charge >= 0.3 is 0 Å². The van der Waals surface area contributed by atoms with E-state index in [1.807, 2.05) is 30.3 Å². The summed E-state index contributed by atoms with van der Waals surface area (Å²) in [4.78, 5) is 47.5. The summed E-state index contributed by atoms with van der Waals surface area (Å²) in [6.07, 6.45) is 3.54. The lowest BCUT2D eigenvalue weighted by Gasteiger charge is -2.49. The summed E-state index contributed by atoms with van der Waals surface area (Å²) < 4.78 is 0. The first-order chi connectivity index (χ1) is 15.1. The largest absolute Gasteiger partial charge is 0.321 e. The van der Waals surface area contributed by atoms with E-state index in [4.69, 9.17) is 0 Å². The van der Waals surface area contributed by atoms with Gasteiger partial charge < -0.3 is 10.2 Å². The fraction of sp³-hybridized carbons (Fsp3) is 0.167. The van der Waals surface area contributed by atoms with Crippen LogP contribution in [0.3, 0.4) is 0 Å². The average Bonchev–Trinajstić information content (AvgIpc) is 3.16. The second kappa shape index (κ2) is 7.36. The molecular weight excluding hydrogens is 392 g/mol. The molecule has 2 aromatic carbocycles. The second-order valence-corrected chi connectivity index (χ2v) is 7.64. The van der Waals surface area contributed by atoms with Crippen molar-refractivity contribution in [1.29, 1.82) is 0 Å². The predicted molar refractivity (Wildman–Crippen MR) is 115 cm³/mol. The second-order valence-electron chi connectivity index (χ2n) is 7.64. The van der Waals surface area contributed by atoms with Crippen LogP contribution in [0.2, 0.25) is 0 Å². The van der Waals surface area contributed by atoms with Gasteiger partial charge in [-0.15, -0.1) is 0 Å². The number of aromatic nitrogens is 1. The van der Waals surface area contributed by atoms with Crippen LogP contribution >= 0.6 is 0 Å². The topological polar surface area (TPSA) is 82.6 Å². The van der Waals surface area contributed by atoms with Gasteiger partial charge in [0.25, 0.3) is 11.8 Å². The number of hydrogen-bond acceptors (Lipinski definition) is 4. The van der Waals surface area contributed by atoms with Gasteiger partial charge in [0.05, 0.1) is 23.1 Å². The Morgan fingerprint density at radius 1 is 1.00 bits per heavy atom. The molecule has 3 aromatic rings. The van der Waals surface area contributed by atoms with E-state index < -0.39 is 11.6 Å². The zero-order valence-corrected chi connectivity index (χ0v) is 16.7. The summed E-state index contributed by atoms with van der Waals surface area (Å²) in [5.41, 5.74) is 0.822. The van der Waals surface area contributed by atoms with Gasteiger partial charge in [0.1, 0.15) is 0 Å². The molecule has 154 valence electrons. The van der Waals surface area contributed by atoms with Crippen molar-refractivity contribution in [3.8, 4) is 0 Å². The molecule has 1 atom stereocenters. The minimum absolute atomic E-state index is 0.174. The molecule has 3 heterocycles. The van der Waals surface area contributed by atoms with Crippen molar-refractivity contribution in [2.24, 2.45) is 0 Å². The lowest BCUT2D eigenvalue weighted by molar-refractivity contribution is -0.129. The van der Waals surface area contributed by atoms with E-state index in [1.54, 1.807) is 42.6 Å². The monoisotopic (exact) mass is 412 g/mol. The Morgan fingerprint density at radius 2 is 1.77 bits per heavy atom. The molecule has 2 aliphatic rings. The zero-order chi connectivity index (χ0) is 21.4. The molecule has 1 fully saturated rings. The quantitative estimate of drug-likeness (QED) is 0.713. The van der Waals surface area contributed by atoms with Crippen LogP contribution in [0, 0.1) is 0 Å². The van der Waals surface area contributed by atoms with Gasteiger partial charge in [-0.2, -0.15) is 0 Å². The fourth-order valence-electron chi connectivity index (χ4n) is 4.44. The number of nitrogens with zero attached hydrogens (tertiary/aromatic N) is 3. The predicted octanol–water partition coefficient (Wildman–Crippen LogP) is 3.20. The molecule has 7 nitrogen and oxygen atoms in total. The molecular formula is C24H20N4O3. The summed E-state index contributed by atoms with van der Waals surface area (Å²) in [7, 11) is 0. The third-order valence-corrected chi connectivity index (χ3v) is 5.84. The van der Waals surface area contributed by atoms with Crippen molar-refractivity contribution in [3.05, 3.63) is 90.3 Å². The normalized spacial score (nSPS) is 19.7. The summed E-state index contributed by atoms with van der Waals surface area (Å²) in [6.45, 7) is 0.207. The van der Waals surface area contributed by atoms with Crippen LogP contribution in [0.4, 0.5) is 11.4 Å². The Hall–Kier alpha value is -4.00. The van der Waals surface area contributed by atoms with Crippen molar-refractivity contribution in [3.63, 3.8) is 0 Å². The zero-order valence-electron chi connectivity index (χ0n) is 16.7. The average molecular weight is 412 g/mol. The van der Waals surface area contributed by atoms with E-state index in [1.165, 1.54) is 16.0 Å². The maximum atomic E-state index is 13.7. The highest BCUT2D eigenvalue weighted by molar-refractivity contribution is 6.18. The van der Waals surface area contributed by atoms with Crippen molar-refractivity contribution < 1.29 is 14.4 Å². The molecule has 0 spiro atoms. The fourth-order valence-corrected chi connectivity index (χ4v) is 4.44. The maximum Gasteiger partial charge on any atom is 0.271 e. The smallest absolute Gasteiger partial charge is 0.271 e. The summed E-state index contributed by atoms with van der Waals surface area (Å²) in [5.74, 6) is -0.878. The van der Waals surface area contributed by atoms with Gasteiger partial charge in [0.2, 0.25) is 11.6 Å². The number of carbonyl (C=O) groups excluding carboxylic acids is 3. The number of amides is 3. The molecule has 31 heavy (non-hydrogen) atoms. The first kappa shape index (κ1) is 19.0. The van der Waals surface area contributed by atoms with Crippen LogP contribution in [0.5, 0.6) is 0 Å². The van der Waals surface area contributed by atoms with Gasteiger partial charge in [0.15, 0.2) is 0 Å². The number of para-hydroxylation sites is 1. The summed E-state index contributed by atoms with van der Waals surface area (Å²) >= 11 is 0. The van der Waals surface area contributed by atoms with Crippen LogP contribution < -0.4 is 10.2 Å². The van der Waals surface area contributed by atoms with Crippen molar-refractivity contribution in [2.45, 2.75) is 25.0 Å². The van der Waals surface area contributed by atoms with Crippen molar-refractivity contribution >= 4 is 29.1 Å². The first-order valence-corrected chi connectivity index (χ1v) is 10.1. The molecule has 0 aliphatic carbocycles. The van der Waals surface area contributed by atoms with Crippen LogP contribution in [-0.2, 0) is 16.1 Å². The van der Waals surface area contributed by atoms with E-state index in [0.29, 0.717) is 16.9 Å². The Kier molecular flexibility index (Phi) is 4.51. The van der Waals surface area contributed by atoms with Crippen LogP contribution in [-0.4, -0.2) is 33.3 Å². The highest BCUT2D eigenvalue weighted by Gasteiger charge is 2.60. The Labute approximate surface area is 179 Å². The van der Waals surface area contributed by atoms with Gasteiger partial charge in [-0.1, -0.05) is 42.5 Å². The Balaban J connectivity index is 1.66. The lowest BCUT2D eigenvalue weighted by Crippen LogP contribution is -2.69. The van der Waals surface area contributed by atoms with E-state index in [-0.39, 0.29) is 31.2 Å². The summed E-state index contributed by atoms with van der Waals surface area (Å²) in [6, 6.07) is 19.9. The van der Waals surface area contributed by atoms with Gasteiger partial charge in [-0.3, -0.25) is 24.3 Å². The number of nitrogens with one attached hydrogen (secondary N) is 1. The molecule has 0 bridgehead atoms. The Bertz CT molecular complexity index is 1170. The molecule has 1 unspecified atom stereocenters. The van der Waals surface area contributed by atoms with E-state index in [9.17, 15) is 14.4 Å². The highest BCUT2D eigenvalue weighted by Crippen LogP contribution is 2.45. The van der Waals surface area contributed by atoms with Gasteiger partial charge in [-0.05, 0) is 29.8 Å². The number of rotatable bonds is 4. The van der Waals surface area contributed by atoms with Gasteiger partial charge in [-0.25, -0.2) is 0 Å². The number of carbonyl (C=O) groups is 3. The van der Waals surface area contributed by atoms with Crippen LogP contribution in [0.25, 0.3) is 0 Å².